The van der Waals surface area contributed by atoms with Crippen molar-refractivity contribution in [1.29, 1.82) is 0 Å². The molecule has 8 heteroatoms. The van der Waals surface area contributed by atoms with Gasteiger partial charge in [0.25, 0.3) is 10.0 Å². The normalized spacial score (nSPS) is 11.2. The Morgan fingerprint density at radius 1 is 1.03 bits per heavy atom. The van der Waals surface area contributed by atoms with Gasteiger partial charge in [-0.05, 0) is 36.8 Å². The van der Waals surface area contributed by atoms with Crippen molar-refractivity contribution in [2.45, 2.75) is 18.4 Å². The molecule has 0 unspecified atom stereocenters. The first-order valence-electron chi connectivity index (χ1n) is 11.3. The minimum absolute atomic E-state index is 0.0148. The maximum atomic E-state index is 14.2. The number of nitrogens with zero attached hydrogens (tertiary/aromatic N) is 2. The molecule has 36 heavy (non-hydrogen) atoms. The number of rotatable bonds is 9. The minimum Gasteiger partial charge on any atom is -0.497 e. The number of benzene rings is 3. The number of para-hydroxylation sites is 1. The van der Waals surface area contributed by atoms with Gasteiger partial charge in [-0.2, -0.15) is 0 Å². The first-order chi connectivity index (χ1) is 17.4. The van der Waals surface area contributed by atoms with Crippen LogP contribution in [0.4, 0.5) is 5.69 Å². The lowest BCUT2D eigenvalue weighted by Gasteiger charge is -2.28. The van der Waals surface area contributed by atoms with Gasteiger partial charge in [0.1, 0.15) is 11.3 Å². The molecule has 0 spiro atoms. The SMILES string of the molecule is C=Cc1cccc2c(N(Cc3ccccc3)S(=O)(=O)c3ccc(OC)cc3)c(C(=O)OCC)cnc12. The summed E-state index contributed by atoms with van der Waals surface area (Å²) >= 11 is 0. The Labute approximate surface area is 210 Å². The maximum absolute atomic E-state index is 14.2. The van der Waals surface area contributed by atoms with Gasteiger partial charge in [0.05, 0.1) is 36.4 Å². The zero-order chi connectivity index (χ0) is 25.7. The molecular weight excluding hydrogens is 476 g/mol. The molecule has 0 aliphatic carbocycles. The van der Waals surface area contributed by atoms with E-state index in [4.69, 9.17) is 9.47 Å². The Hall–Kier alpha value is -4.17. The third-order valence-corrected chi connectivity index (χ3v) is 7.44. The lowest BCUT2D eigenvalue weighted by Crippen LogP contribution is -2.32. The van der Waals surface area contributed by atoms with Crippen LogP contribution in [0.2, 0.25) is 0 Å². The zero-order valence-corrected chi connectivity index (χ0v) is 20.9. The number of fused-ring (bicyclic) bond motifs is 1. The standard InChI is InChI=1S/C28H26N2O5S/c1-4-21-12-9-13-24-26(21)29-18-25(28(31)35-5-2)27(24)30(19-20-10-7-6-8-11-20)36(32,33)23-16-14-22(34-3)15-17-23/h4,6-18H,1,5,19H2,2-3H3. The second kappa shape index (κ2) is 10.6. The molecule has 184 valence electrons. The summed E-state index contributed by atoms with van der Waals surface area (Å²) in [6, 6.07) is 20.7. The first kappa shape index (κ1) is 24.9. The Kier molecular flexibility index (Phi) is 7.36. The molecule has 7 nitrogen and oxygen atoms in total. The number of aromatic nitrogens is 1. The molecule has 4 rings (SSSR count). The Morgan fingerprint density at radius 2 is 1.75 bits per heavy atom. The molecule has 0 atom stereocenters. The van der Waals surface area contributed by atoms with Gasteiger partial charge < -0.3 is 9.47 Å². The van der Waals surface area contributed by atoms with Crippen molar-refractivity contribution in [2.75, 3.05) is 18.0 Å². The number of hydrogen-bond donors (Lipinski definition) is 0. The van der Waals surface area contributed by atoms with Crippen molar-refractivity contribution in [3.05, 3.63) is 102 Å². The number of pyridine rings is 1. The number of sulfonamides is 1. The van der Waals surface area contributed by atoms with E-state index in [1.165, 1.54) is 29.7 Å². The zero-order valence-electron chi connectivity index (χ0n) is 20.0. The van der Waals surface area contributed by atoms with Crippen LogP contribution in [-0.2, 0) is 21.3 Å². The van der Waals surface area contributed by atoms with Crippen LogP contribution in [0.5, 0.6) is 5.75 Å². The molecule has 0 bridgehead atoms. The van der Waals surface area contributed by atoms with E-state index in [9.17, 15) is 13.2 Å². The molecule has 3 aromatic carbocycles. The molecule has 0 N–H and O–H groups in total. The fourth-order valence-electron chi connectivity index (χ4n) is 3.93. The van der Waals surface area contributed by atoms with Crippen LogP contribution >= 0.6 is 0 Å². The Balaban J connectivity index is 2.04. The Morgan fingerprint density at radius 3 is 2.39 bits per heavy atom. The molecule has 0 fully saturated rings. The summed E-state index contributed by atoms with van der Waals surface area (Å²) in [7, 11) is -2.63. The van der Waals surface area contributed by atoms with Crippen LogP contribution in [0.25, 0.3) is 17.0 Å². The van der Waals surface area contributed by atoms with Crippen molar-refractivity contribution in [3.63, 3.8) is 0 Å². The number of anilines is 1. The second-order valence-corrected chi connectivity index (χ2v) is 9.72. The summed E-state index contributed by atoms with van der Waals surface area (Å²) < 4.78 is 40.0. The molecule has 1 heterocycles. The van der Waals surface area contributed by atoms with E-state index in [1.54, 1.807) is 37.3 Å². The maximum Gasteiger partial charge on any atom is 0.341 e. The number of methoxy groups -OCH3 is 1. The predicted molar refractivity (Wildman–Crippen MR) is 141 cm³/mol. The van der Waals surface area contributed by atoms with Gasteiger partial charge in [0, 0.05) is 17.1 Å². The highest BCUT2D eigenvalue weighted by molar-refractivity contribution is 7.92. The molecule has 0 saturated carbocycles. The van der Waals surface area contributed by atoms with E-state index in [0.717, 1.165) is 5.56 Å². The molecule has 1 aromatic heterocycles. The minimum atomic E-state index is -4.14. The molecule has 4 aromatic rings. The summed E-state index contributed by atoms with van der Waals surface area (Å²) in [5.41, 5.74) is 2.24. The quantitative estimate of drug-likeness (QED) is 0.283. The summed E-state index contributed by atoms with van der Waals surface area (Å²) in [6.07, 6.45) is 3.01. The van der Waals surface area contributed by atoms with E-state index < -0.39 is 16.0 Å². The highest BCUT2D eigenvalue weighted by Crippen LogP contribution is 2.37. The van der Waals surface area contributed by atoms with Gasteiger partial charge in [-0.3, -0.25) is 9.29 Å². The smallest absolute Gasteiger partial charge is 0.341 e. The van der Waals surface area contributed by atoms with Crippen LogP contribution in [0.1, 0.15) is 28.4 Å². The number of esters is 1. The van der Waals surface area contributed by atoms with Crippen LogP contribution in [0.3, 0.4) is 0 Å². The number of carbonyl (C=O) groups is 1. The highest BCUT2D eigenvalue weighted by atomic mass is 32.2. The van der Waals surface area contributed by atoms with Gasteiger partial charge in [-0.1, -0.05) is 61.2 Å². The molecule has 0 radical (unpaired) electrons. The van der Waals surface area contributed by atoms with E-state index >= 15 is 0 Å². The lowest BCUT2D eigenvalue weighted by atomic mass is 10.0. The van der Waals surface area contributed by atoms with Gasteiger partial charge in [-0.15, -0.1) is 0 Å². The number of carbonyl (C=O) groups excluding carboxylic acids is 1. The van der Waals surface area contributed by atoms with E-state index in [-0.39, 0.29) is 29.3 Å². The van der Waals surface area contributed by atoms with Gasteiger partial charge >= 0.3 is 5.97 Å². The van der Waals surface area contributed by atoms with Crippen molar-refractivity contribution in [1.82, 2.24) is 4.98 Å². The van der Waals surface area contributed by atoms with Crippen LogP contribution in [0.15, 0.2) is 90.5 Å². The van der Waals surface area contributed by atoms with E-state index in [0.29, 0.717) is 22.2 Å². The lowest BCUT2D eigenvalue weighted by molar-refractivity contribution is 0.0527. The first-order valence-corrected chi connectivity index (χ1v) is 12.8. The van der Waals surface area contributed by atoms with Gasteiger partial charge in [0.2, 0.25) is 0 Å². The topological polar surface area (TPSA) is 85.8 Å². The fourth-order valence-corrected chi connectivity index (χ4v) is 5.42. The third kappa shape index (κ3) is 4.81. The van der Waals surface area contributed by atoms with Crippen molar-refractivity contribution < 1.29 is 22.7 Å². The third-order valence-electron chi connectivity index (χ3n) is 5.68. The average Bonchev–Trinajstić information content (AvgIpc) is 2.91. The van der Waals surface area contributed by atoms with Crippen molar-refractivity contribution >= 4 is 38.7 Å². The number of hydrogen-bond acceptors (Lipinski definition) is 6. The van der Waals surface area contributed by atoms with E-state index in [2.05, 4.69) is 11.6 Å². The second-order valence-electron chi connectivity index (χ2n) is 7.86. The fraction of sp³-hybridized carbons (Fsp3) is 0.143. The van der Waals surface area contributed by atoms with Crippen molar-refractivity contribution in [2.24, 2.45) is 0 Å². The summed E-state index contributed by atoms with van der Waals surface area (Å²) in [5, 5.41) is 0.492. The molecule has 0 aliphatic rings. The highest BCUT2D eigenvalue weighted by Gasteiger charge is 2.31. The monoisotopic (exact) mass is 502 g/mol. The molecular formula is C28H26N2O5S. The van der Waals surface area contributed by atoms with Crippen LogP contribution in [-0.4, -0.2) is 33.1 Å². The largest absolute Gasteiger partial charge is 0.497 e. The van der Waals surface area contributed by atoms with Crippen LogP contribution in [0, 0.1) is 0 Å². The summed E-state index contributed by atoms with van der Waals surface area (Å²) in [5.74, 6) is -0.130. The Bertz CT molecular complexity index is 1500. The predicted octanol–water partition coefficient (Wildman–Crippen LogP) is 5.46. The molecule has 0 saturated heterocycles. The number of ether oxygens (including phenoxy) is 2. The summed E-state index contributed by atoms with van der Waals surface area (Å²) in [4.78, 5) is 17.6. The average molecular weight is 503 g/mol. The van der Waals surface area contributed by atoms with Gasteiger partial charge in [0.15, 0.2) is 0 Å². The van der Waals surface area contributed by atoms with Crippen LogP contribution < -0.4 is 9.04 Å². The van der Waals surface area contributed by atoms with E-state index in [1.807, 2.05) is 36.4 Å². The van der Waals surface area contributed by atoms with Gasteiger partial charge in [-0.25, -0.2) is 13.2 Å². The van der Waals surface area contributed by atoms with Crippen molar-refractivity contribution in [3.8, 4) is 5.75 Å². The molecule has 0 aliphatic heterocycles. The summed E-state index contributed by atoms with van der Waals surface area (Å²) in [6.45, 7) is 5.66. The molecule has 0 amide bonds.